The van der Waals surface area contributed by atoms with E-state index in [1.807, 2.05) is 12.1 Å². The van der Waals surface area contributed by atoms with Gasteiger partial charge in [-0.15, -0.1) is 11.3 Å². The van der Waals surface area contributed by atoms with Crippen LogP contribution in [0.15, 0.2) is 18.2 Å². The van der Waals surface area contributed by atoms with Gasteiger partial charge in [0.15, 0.2) is 0 Å². The molecule has 0 atom stereocenters. The van der Waals surface area contributed by atoms with Crippen molar-refractivity contribution in [2.45, 2.75) is 32.6 Å². The van der Waals surface area contributed by atoms with E-state index in [9.17, 15) is 4.79 Å². The number of anilines is 1. The first-order valence-electron chi connectivity index (χ1n) is 6.89. The number of nitrogens with one attached hydrogen (secondary N) is 1. The number of hydrogen-bond acceptors (Lipinski definition) is 3. The molecule has 0 aliphatic carbocycles. The second-order valence-electron chi connectivity index (χ2n) is 4.80. The van der Waals surface area contributed by atoms with Gasteiger partial charge in [-0.3, -0.25) is 4.79 Å². The molecule has 0 unspecified atom stereocenters. The molecule has 0 bridgehead atoms. The molecule has 0 spiro atoms. The van der Waals surface area contributed by atoms with Crippen molar-refractivity contribution in [3.8, 4) is 0 Å². The molecule has 108 valence electrons. The standard InChI is InChI=1S/C15H19ClN2OS/c1-2-3-4-5-8-18-15(19)14-13(17)11-7-6-10(16)9-12(11)20-14/h6-7,9H,2-5,8,17H2,1H3,(H,18,19). The zero-order valence-corrected chi connectivity index (χ0v) is 13.1. The molecule has 3 N–H and O–H groups in total. The molecule has 1 aromatic heterocycles. The number of amides is 1. The first-order valence-corrected chi connectivity index (χ1v) is 8.08. The normalized spacial score (nSPS) is 10.9. The van der Waals surface area contributed by atoms with Gasteiger partial charge in [-0.05, 0) is 24.6 Å². The molecule has 2 rings (SSSR count). The molecule has 1 aromatic carbocycles. The van der Waals surface area contributed by atoms with Crippen LogP contribution in [-0.2, 0) is 0 Å². The Labute approximate surface area is 128 Å². The van der Waals surface area contributed by atoms with Crippen LogP contribution in [0.2, 0.25) is 5.02 Å². The third-order valence-corrected chi connectivity index (χ3v) is 4.61. The Kier molecular flexibility index (Phi) is 5.26. The highest BCUT2D eigenvalue weighted by atomic mass is 35.5. The number of benzene rings is 1. The fraction of sp³-hybridized carbons (Fsp3) is 0.400. The lowest BCUT2D eigenvalue weighted by molar-refractivity contribution is 0.0958. The Morgan fingerprint density at radius 3 is 2.90 bits per heavy atom. The lowest BCUT2D eigenvalue weighted by atomic mass is 10.2. The van der Waals surface area contributed by atoms with Gasteiger partial charge >= 0.3 is 0 Å². The van der Waals surface area contributed by atoms with Crippen molar-refractivity contribution >= 4 is 44.6 Å². The molecular weight excluding hydrogens is 292 g/mol. The van der Waals surface area contributed by atoms with Gasteiger partial charge in [-0.25, -0.2) is 0 Å². The number of nitrogens with two attached hydrogens (primary N) is 1. The number of carbonyl (C=O) groups is 1. The number of unbranched alkanes of at least 4 members (excludes halogenated alkanes) is 3. The smallest absolute Gasteiger partial charge is 0.263 e. The second kappa shape index (κ2) is 6.95. The third-order valence-electron chi connectivity index (χ3n) is 3.21. The summed E-state index contributed by atoms with van der Waals surface area (Å²) in [6, 6.07) is 5.50. The van der Waals surface area contributed by atoms with Crippen LogP contribution in [0.4, 0.5) is 5.69 Å². The van der Waals surface area contributed by atoms with E-state index in [1.165, 1.54) is 24.2 Å². The largest absolute Gasteiger partial charge is 0.397 e. The Morgan fingerprint density at radius 2 is 2.15 bits per heavy atom. The molecule has 20 heavy (non-hydrogen) atoms. The number of nitrogen functional groups attached to an aromatic ring is 1. The zero-order valence-electron chi connectivity index (χ0n) is 11.5. The van der Waals surface area contributed by atoms with Crippen molar-refractivity contribution < 1.29 is 4.79 Å². The molecule has 0 radical (unpaired) electrons. The van der Waals surface area contributed by atoms with Crippen molar-refractivity contribution in [1.29, 1.82) is 0 Å². The van der Waals surface area contributed by atoms with Crippen molar-refractivity contribution in [3.05, 3.63) is 28.1 Å². The summed E-state index contributed by atoms with van der Waals surface area (Å²) in [7, 11) is 0. The molecule has 0 fully saturated rings. The summed E-state index contributed by atoms with van der Waals surface area (Å²) in [6.07, 6.45) is 4.56. The molecule has 3 nitrogen and oxygen atoms in total. The van der Waals surface area contributed by atoms with E-state index >= 15 is 0 Å². The van der Waals surface area contributed by atoms with Gasteiger partial charge in [0.05, 0.1) is 5.69 Å². The van der Waals surface area contributed by atoms with Crippen molar-refractivity contribution in [1.82, 2.24) is 5.32 Å². The molecule has 0 aliphatic heterocycles. The van der Waals surface area contributed by atoms with Crippen LogP contribution in [0.5, 0.6) is 0 Å². The van der Waals surface area contributed by atoms with Gasteiger partial charge in [-0.1, -0.05) is 37.8 Å². The summed E-state index contributed by atoms with van der Waals surface area (Å²) in [5, 5.41) is 4.49. The monoisotopic (exact) mass is 310 g/mol. The van der Waals surface area contributed by atoms with Crippen LogP contribution in [0, 0.1) is 0 Å². The fourth-order valence-electron chi connectivity index (χ4n) is 2.09. The van der Waals surface area contributed by atoms with E-state index in [4.69, 9.17) is 17.3 Å². The van der Waals surface area contributed by atoms with Crippen LogP contribution < -0.4 is 11.1 Å². The van der Waals surface area contributed by atoms with Gasteiger partial charge in [0.1, 0.15) is 4.88 Å². The zero-order chi connectivity index (χ0) is 14.5. The van der Waals surface area contributed by atoms with E-state index in [1.54, 1.807) is 6.07 Å². The highest BCUT2D eigenvalue weighted by Gasteiger charge is 2.15. The number of hydrogen-bond donors (Lipinski definition) is 2. The fourth-order valence-corrected chi connectivity index (χ4v) is 3.41. The van der Waals surface area contributed by atoms with Crippen LogP contribution >= 0.6 is 22.9 Å². The summed E-state index contributed by atoms with van der Waals surface area (Å²) in [5.41, 5.74) is 6.60. The number of thiophene rings is 1. The summed E-state index contributed by atoms with van der Waals surface area (Å²) in [6.45, 7) is 2.87. The Bertz CT molecular complexity index is 609. The van der Waals surface area contributed by atoms with Gasteiger partial charge in [0.25, 0.3) is 5.91 Å². The van der Waals surface area contributed by atoms with Crippen molar-refractivity contribution in [3.63, 3.8) is 0 Å². The molecule has 5 heteroatoms. The van der Waals surface area contributed by atoms with E-state index in [0.717, 1.165) is 22.9 Å². The topological polar surface area (TPSA) is 55.1 Å². The Morgan fingerprint density at radius 1 is 1.35 bits per heavy atom. The summed E-state index contributed by atoms with van der Waals surface area (Å²) < 4.78 is 0.950. The van der Waals surface area contributed by atoms with Crippen LogP contribution in [0.1, 0.15) is 42.3 Å². The van der Waals surface area contributed by atoms with Crippen LogP contribution in [0.3, 0.4) is 0 Å². The second-order valence-corrected chi connectivity index (χ2v) is 6.29. The van der Waals surface area contributed by atoms with E-state index in [0.29, 0.717) is 22.1 Å². The summed E-state index contributed by atoms with van der Waals surface area (Å²) in [4.78, 5) is 12.7. The van der Waals surface area contributed by atoms with Crippen molar-refractivity contribution in [2.75, 3.05) is 12.3 Å². The van der Waals surface area contributed by atoms with E-state index in [-0.39, 0.29) is 5.91 Å². The van der Waals surface area contributed by atoms with E-state index in [2.05, 4.69) is 12.2 Å². The molecule has 0 aliphatic rings. The minimum Gasteiger partial charge on any atom is -0.397 e. The van der Waals surface area contributed by atoms with Gasteiger partial charge in [0.2, 0.25) is 0 Å². The van der Waals surface area contributed by atoms with Crippen LogP contribution in [0.25, 0.3) is 10.1 Å². The average Bonchev–Trinajstić information content (AvgIpc) is 2.75. The molecule has 1 amide bonds. The SMILES string of the molecule is CCCCCCNC(=O)c1sc2cc(Cl)ccc2c1N. The van der Waals surface area contributed by atoms with Gasteiger partial charge in [-0.2, -0.15) is 0 Å². The third kappa shape index (κ3) is 3.44. The minimum atomic E-state index is -0.0867. The lowest BCUT2D eigenvalue weighted by Crippen LogP contribution is -2.24. The minimum absolute atomic E-state index is 0.0867. The molecule has 0 saturated carbocycles. The maximum Gasteiger partial charge on any atom is 0.263 e. The highest BCUT2D eigenvalue weighted by molar-refractivity contribution is 7.21. The molecule has 1 heterocycles. The Hall–Kier alpha value is -1.26. The van der Waals surface area contributed by atoms with E-state index < -0.39 is 0 Å². The number of carbonyl (C=O) groups excluding carboxylic acids is 1. The first kappa shape index (κ1) is 15.1. The predicted molar refractivity (Wildman–Crippen MR) is 87.7 cm³/mol. The molecule has 2 aromatic rings. The molecular formula is C15H19ClN2OS. The quantitative estimate of drug-likeness (QED) is 0.775. The van der Waals surface area contributed by atoms with Crippen molar-refractivity contribution in [2.24, 2.45) is 0 Å². The highest BCUT2D eigenvalue weighted by Crippen LogP contribution is 2.35. The van der Waals surface area contributed by atoms with Gasteiger partial charge in [0, 0.05) is 21.7 Å². The Balaban J connectivity index is 2.04. The number of halogens is 1. The van der Waals surface area contributed by atoms with Crippen LogP contribution in [-0.4, -0.2) is 12.5 Å². The predicted octanol–water partition coefficient (Wildman–Crippen LogP) is 4.45. The number of fused-ring (bicyclic) bond motifs is 1. The summed E-state index contributed by atoms with van der Waals surface area (Å²) in [5.74, 6) is -0.0867. The average molecular weight is 311 g/mol. The van der Waals surface area contributed by atoms with Gasteiger partial charge < -0.3 is 11.1 Å². The number of rotatable bonds is 6. The first-order chi connectivity index (χ1) is 9.63. The maximum absolute atomic E-state index is 12.1. The molecule has 0 saturated heterocycles. The lowest BCUT2D eigenvalue weighted by Gasteiger charge is -2.03. The summed E-state index contributed by atoms with van der Waals surface area (Å²) >= 11 is 7.35. The maximum atomic E-state index is 12.1.